The number of rotatable bonds is 4. The van der Waals surface area contributed by atoms with E-state index in [0.29, 0.717) is 6.42 Å². The predicted octanol–water partition coefficient (Wildman–Crippen LogP) is 1.27. The van der Waals surface area contributed by atoms with Crippen LogP contribution in [0.4, 0.5) is 0 Å². The Morgan fingerprint density at radius 2 is 2.20 bits per heavy atom. The SMILES string of the molecule is CC(=O)CCCC1(O)CC1. The van der Waals surface area contributed by atoms with Gasteiger partial charge in [0.25, 0.3) is 0 Å². The second-order valence-corrected chi connectivity index (χ2v) is 3.28. The van der Waals surface area contributed by atoms with E-state index in [1.807, 2.05) is 0 Å². The molecule has 1 rings (SSSR count). The van der Waals surface area contributed by atoms with Crippen LogP contribution in [0.15, 0.2) is 0 Å². The highest BCUT2D eigenvalue weighted by Crippen LogP contribution is 2.39. The molecule has 10 heavy (non-hydrogen) atoms. The van der Waals surface area contributed by atoms with E-state index in [1.54, 1.807) is 6.92 Å². The summed E-state index contributed by atoms with van der Waals surface area (Å²) in [6.07, 6.45) is 4.16. The van der Waals surface area contributed by atoms with Crippen molar-refractivity contribution in [3.8, 4) is 0 Å². The normalized spacial score (nSPS) is 20.6. The topological polar surface area (TPSA) is 37.3 Å². The number of Topliss-reactive ketones (excluding diaryl/α,β-unsaturated/α-hetero) is 1. The van der Waals surface area contributed by atoms with Crippen molar-refractivity contribution in [3.63, 3.8) is 0 Å². The molecule has 0 heterocycles. The van der Waals surface area contributed by atoms with Gasteiger partial charge in [0.15, 0.2) is 0 Å². The van der Waals surface area contributed by atoms with Gasteiger partial charge >= 0.3 is 0 Å². The Kier molecular flexibility index (Phi) is 2.09. The minimum Gasteiger partial charge on any atom is -0.390 e. The molecule has 1 saturated carbocycles. The van der Waals surface area contributed by atoms with Crippen LogP contribution >= 0.6 is 0 Å². The van der Waals surface area contributed by atoms with Gasteiger partial charge in [-0.1, -0.05) is 0 Å². The molecule has 0 spiro atoms. The van der Waals surface area contributed by atoms with E-state index in [2.05, 4.69) is 0 Å². The molecule has 0 radical (unpaired) electrons. The van der Waals surface area contributed by atoms with E-state index in [0.717, 1.165) is 25.7 Å². The van der Waals surface area contributed by atoms with Crippen LogP contribution in [0.25, 0.3) is 0 Å². The lowest BCUT2D eigenvalue weighted by molar-refractivity contribution is -0.117. The molecule has 2 heteroatoms. The fourth-order valence-electron chi connectivity index (χ4n) is 1.06. The van der Waals surface area contributed by atoms with Crippen LogP contribution in [0.2, 0.25) is 0 Å². The first-order valence-electron chi connectivity index (χ1n) is 3.84. The molecule has 0 bridgehead atoms. The summed E-state index contributed by atoms with van der Waals surface area (Å²) in [6.45, 7) is 1.59. The molecule has 1 N–H and O–H groups in total. The van der Waals surface area contributed by atoms with Gasteiger partial charge < -0.3 is 9.90 Å². The third-order valence-electron chi connectivity index (χ3n) is 2.00. The maximum Gasteiger partial charge on any atom is 0.129 e. The molecular weight excluding hydrogens is 128 g/mol. The van der Waals surface area contributed by atoms with Gasteiger partial charge in [-0.25, -0.2) is 0 Å². The third kappa shape index (κ3) is 2.48. The number of ketones is 1. The van der Waals surface area contributed by atoms with Gasteiger partial charge in [0.2, 0.25) is 0 Å². The second-order valence-electron chi connectivity index (χ2n) is 3.28. The molecule has 0 aliphatic heterocycles. The van der Waals surface area contributed by atoms with Gasteiger partial charge in [-0.3, -0.25) is 0 Å². The zero-order valence-corrected chi connectivity index (χ0v) is 6.39. The van der Waals surface area contributed by atoms with Gasteiger partial charge in [-0.05, 0) is 32.6 Å². The molecule has 0 aromatic heterocycles. The Hall–Kier alpha value is -0.370. The molecule has 1 aliphatic rings. The van der Waals surface area contributed by atoms with E-state index in [-0.39, 0.29) is 11.4 Å². The number of carbonyl (C=O) groups is 1. The highest BCUT2D eigenvalue weighted by Gasteiger charge is 2.39. The molecule has 0 amide bonds. The molecule has 1 aliphatic carbocycles. The molecule has 0 aromatic carbocycles. The molecule has 0 aromatic rings. The van der Waals surface area contributed by atoms with Crippen LogP contribution in [0.3, 0.4) is 0 Å². The number of aliphatic hydroxyl groups is 1. The Balaban J connectivity index is 2.00. The van der Waals surface area contributed by atoms with Crippen molar-refractivity contribution in [2.45, 2.75) is 44.6 Å². The Morgan fingerprint density at radius 3 is 2.60 bits per heavy atom. The summed E-state index contributed by atoms with van der Waals surface area (Å²) in [5.41, 5.74) is -0.366. The maximum absolute atomic E-state index is 10.5. The van der Waals surface area contributed by atoms with Gasteiger partial charge in [0.1, 0.15) is 5.78 Å². The second kappa shape index (κ2) is 2.70. The van der Waals surface area contributed by atoms with Crippen molar-refractivity contribution in [3.05, 3.63) is 0 Å². The first-order valence-corrected chi connectivity index (χ1v) is 3.84. The van der Waals surface area contributed by atoms with Gasteiger partial charge in [0, 0.05) is 6.42 Å². The van der Waals surface area contributed by atoms with Crippen LogP contribution in [0.5, 0.6) is 0 Å². The van der Waals surface area contributed by atoms with E-state index >= 15 is 0 Å². The molecule has 2 nitrogen and oxygen atoms in total. The van der Waals surface area contributed by atoms with Crippen LogP contribution in [0, 0.1) is 0 Å². The maximum atomic E-state index is 10.5. The standard InChI is InChI=1S/C8H14O2/c1-7(9)3-2-4-8(10)5-6-8/h10H,2-6H2,1H3. The van der Waals surface area contributed by atoms with Crippen LogP contribution in [0.1, 0.15) is 39.0 Å². The lowest BCUT2D eigenvalue weighted by atomic mass is 10.1. The van der Waals surface area contributed by atoms with Crippen LogP contribution in [-0.2, 0) is 4.79 Å². The first-order chi connectivity index (χ1) is 4.62. The molecule has 0 saturated heterocycles. The minimum atomic E-state index is -0.366. The average molecular weight is 142 g/mol. The Bertz CT molecular complexity index is 136. The van der Waals surface area contributed by atoms with Crippen molar-refractivity contribution >= 4 is 5.78 Å². The van der Waals surface area contributed by atoms with Crippen molar-refractivity contribution in [2.24, 2.45) is 0 Å². The summed E-state index contributed by atoms with van der Waals surface area (Å²) in [5.74, 6) is 0.226. The van der Waals surface area contributed by atoms with Gasteiger partial charge in [0.05, 0.1) is 5.60 Å². The lowest BCUT2D eigenvalue weighted by Crippen LogP contribution is -2.06. The van der Waals surface area contributed by atoms with Crippen LogP contribution in [-0.4, -0.2) is 16.5 Å². The molecule has 1 fully saturated rings. The highest BCUT2D eigenvalue weighted by atomic mass is 16.3. The summed E-state index contributed by atoms with van der Waals surface area (Å²) >= 11 is 0. The summed E-state index contributed by atoms with van der Waals surface area (Å²) in [4.78, 5) is 10.5. The van der Waals surface area contributed by atoms with Crippen LogP contribution < -0.4 is 0 Å². The summed E-state index contributed by atoms with van der Waals surface area (Å²) in [7, 11) is 0. The van der Waals surface area contributed by atoms with Crippen molar-refractivity contribution < 1.29 is 9.90 Å². The highest BCUT2D eigenvalue weighted by molar-refractivity contribution is 5.75. The van der Waals surface area contributed by atoms with Crippen molar-refractivity contribution in [1.82, 2.24) is 0 Å². The lowest BCUT2D eigenvalue weighted by Gasteiger charge is -2.04. The molecular formula is C8H14O2. The quantitative estimate of drug-likeness (QED) is 0.641. The monoisotopic (exact) mass is 142 g/mol. The van der Waals surface area contributed by atoms with Gasteiger partial charge in [-0.2, -0.15) is 0 Å². The average Bonchev–Trinajstić information content (AvgIpc) is 2.47. The fraction of sp³-hybridized carbons (Fsp3) is 0.875. The van der Waals surface area contributed by atoms with Crippen molar-refractivity contribution in [1.29, 1.82) is 0 Å². The number of hydrogen-bond acceptors (Lipinski definition) is 2. The number of carbonyl (C=O) groups excluding carboxylic acids is 1. The van der Waals surface area contributed by atoms with E-state index in [1.165, 1.54) is 0 Å². The summed E-state index contributed by atoms with van der Waals surface area (Å²) in [6, 6.07) is 0. The molecule has 0 unspecified atom stereocenters. The Morgan fingerprint density at radius 1 is 1.60 bits per heavy atom. The summed E-state index contributed by atoms with van der Waals surface area (Å²) in [5, 5.41) is 9.33. The van der Waals surface area contributed by atoms with E-state index < -0.39 is 0 Å². The van der Waals surface area contributed by atoms with Gasteiger partial charge in [-0.15, -0.1) is 0 Å². The Labute approximate surface area is 61.2 Å². The number of hydrogen-bond donors (Lipinski definition) is 1. The van der Waals surface area contributed by atoms with E-state index in [9.17, 15) is 9.90 Å². The largest absolute Gasteiger partial charge is 0.390 e. The zero-order chi connectivity index (χ0) is 7.61. The van der Waals surface area contributed by atoms with E-state index in [4.69, 9.17) is 0 Å². The summed E-state index contributed by atoms with van der Waals surface area (Å²) < 4.78 is 0. The minimum absolute atomic E-state index is 0.226. The fourth-order valence-corrected chi connectivity index (χ4v) is 1.06. The third-order valence-corrected chi connectivity index (χ3v) is 2.00. The zero-order valence-electron chi connectivity index (χ0n) is 6.39. The molecule has 58 valence electrons. The first kappa shape index (κ1) is 7.73. The molecule has 0 atom stereocenters. The van der Waals surface area contributed by atoms with Crippen molar-refractivity contribution in [2.75, 3.05) is 0 Å². The predicted molar refractivity (Wildman–Crippen MR) is 38.7 cm³/mol. The smallest absolute Gasteiger partial charge is 0.129 e.